The molecule has 3 aromatic rings. The monoisotopic (exact) mass is 387 g/mol. The second-order valence-electron chi connectivity index (χ2n) is 6.84. The molecule has 3 aromatic carbocycles. The van der Waals surface area contributed by atoms with E-state index in [4.69, 9.17) is 0 Å². The molecule has 142 valence electrons. The summed E-state index contributed by atoms with van der Waals surface area (Å²) in [5, 5.41) is 6.01. The van der Waals surface area contributed by atoms with Crippen molar-refractivity contribution in [3.63, 3.8) is 0 Å². The lowest BCUT2D eigenvalue weighted by atomic mass is 10.2. The summed E-state index contributed by atoms with van der Waals surface area (Å²) in [6.07, 6.45) is 2.37. The number of hydrogen-bond donors (Lipinski definition) is 1. The van der Waals surface area contributed by atoms with Crippen molar-refractivity contribution >= 4 is 23.4 Å². The van der Waals surface area contributed by atoms with Crippen LogP contribution >= 0.6 is 7.14 Å². The van der Waals surface area contributed by atoms with Crippen LogP contribution in [0.4, 0.5) is 5.69 Å². The Bertz CT molecular complexity index is 962. The Morgan fingerprint density at radius 2 is 1.39 bits per heavy atom. The first-order valence-electron chi connectivity index (χ1n) is 9.42. The minimum absolute atomic E-state index is 0.547. The molecule has 0 saturated carbocycles. The van der Waals surface area contributed by atoms with E-state index >= 15 is 0 Å². The molecule has 0 aliphatic rings. The molecule has 0 radical (unpaired) electrons. The Morgan fingerprint density at radius 3 is 1.86 bits per heavy atom. The van der Waals surface area contributed by atoms with E-state index in [-0.39, 0.29) is 0 Å². The van der Waals surface area contributed by atoms with Crippen LogP contribution < -0.4 is 15.9 Å². The molecule has 3 heteroatoms. The van der Waals surface area contributed by atoms with Gasteiger partial charge in [0, 0.05) is 27.3 Å². The molecule has 0 aliphatic carbocycles. The standard InChI is InChI=1S/C25H26NOP/c1-4-11-25(21(3)26-22-18-16-20(2)17-19-22)28(27,23-12-7-5-8-13-23)24-14-9-6-10-15-24/h4-10,12-19,26H,1,11H2,2-3H3/b25-21-. The van der Waals surface area contributed by atoms with Gasteiger partial charge in [-0.15, -0.1) is 6.58 Å². The van der Waals surface area contributed by atoms with Gasteiger partial charge in [0.25, 0.3) is 0 Å². The number of hydrogen-bond acceptors (Lipinski definition) is 2. The second-order valence-corrected chi connectivity index (χ2v) is 9.63. The van der Waals surface area contributed by atoms with Crippen LogP contribution in [0.1, 0.15) is 18.9 Å². The van der Waals surface area contributed by atoms with Gasteiger partial charge >= 0.3 is 0 Å². The maximum Gasteiger partial charge on any atom is 0.169 e. The molecule has 2 nitrogen and oxygen atoms in total. The van der Waals surface area contributed by atoms with Gasteiger partial charge < -0.3 is 9.88 Å². The number of nitrogens with one attached hydrogen (secondary N) is 1. The van der Waals surface area contributed by atoms with Crippen LogP contribution in [0.2, 0.25) is 0 Å². The highest BCUT2D eigenvalue weighted by atomic mass is 31.2. The zero-order chi connectivity index (χ0) is 20.0. The van der Waals surface area contributed by atoms with E-state index in [1.54, 1.807) is 0 Å². The predicted octanol–water partition coefficient (Wildman–Crippen LogP) is 6.23. The largest absolute Gasteiger partial charge is 0.359 e. The van der Waals surface area contributed by atoms with E-state index in [0.29, 0.717) is 6.42 Å². The Kier molecular flexibility index (Phi) is 6.34. The quantitative estimate of drug-likeness (QED) is 0.385. The molecular weight excluding hydrogens is 361 g/mol. The third kappa shape index (κ3) is 4.18. The lowest BCUT2D eigenvalue weighted by Gasteiger charge is -2.25. The molecule has 0 atom stereocenters. The fourth-order valence-electron chi connectivity index (χ4n) is 3.32. The van der Waals surface area contributed by atoms with Crippen LogP contribution in [-0.4, -0.2) is 0 Å². The lowest BCUT2D eigenvalue weighted by molar-refractivity contribution is 0.590. The summed E-state index contributed by atoms with van der Waals surface area (Å²) in [7, 11) is -3.01. The maximum atomic E-state index is 14.6. The molecule has 0 fully saturated rings. The normalized spacial score (nSPS) is 12.2. The minimum atomic E-state index is -3.01. The van der Waals surface area contributed by atoms with Crippen LogP contribution in [0.3, 0.4) is 0 Å². The highest BCUT2D eigenvalue weighted by Gasteiger charge is 2.32. The van der Waals surface area contributed by atoms with Gasteiger partial charge in [-0.2, -0.15) is 0 Å². The fourth-order valence-corrected chi connectivity index (χ4v) is 6.34. The van der Waals surface area contributed by atoms with Gasteiger partial charge in [0.05, 0.1) is 0 Å². The molecule has 0 amide bonds. The molecule has 28 heavy (non-hydrogen) atoms. The van der Waals surface area contributed by atoms with Gasteiger partial charge in [0.15, 0.2) is 7.14 Å². The highest BCUT2D eigenvalue weighted by molar-refractivity contribution is 7.82. The highest BCUT2D eigenvalue weighted by Crippen LogP contribution is 2.54. The first-order chi connectivity index (χ1) is 13.6. The summed E-state index contributed by atoms with van der Waals surface area (Å²) < 4.78 is 14.6. The number of allylic oxidation sites excluding steroid dienone is 3. The van der Waals surface area contributed by atoms with E-state index in [1.165, 1.54) is 5.56 Å². The van der Waals surface area contributed by atoms with Gasteiger partial charge in [0.1, 0.15) is 0 Å². The van der Waals surface area contributed by atoms with Crippen LogP contribution in [0.25, 0.3) is 0 Å². The molecule has 0 bridgehead atoms. The number of rotatable bonds is 7. The third-order valence-electron chi connectivity index (χ3n) is 4.77. The zero-order valence-corrected chi connectivity index (χ0v) is 17.3. The summed E-state index contributed by atoms with van der Waals surface area (Å²) >= 11 is 0. The third-order valence-corrected chi connectivity index (χ3v) is 8.10. The average molecular weight is 387 g/mol. The van der Waals surface area contributed by atoms with Crippen LogP contribution in [0.5, 0.6) is 0 Å². The zero-order valence-electron chi connectivity index (χ0n) is 16.4. The van der Waals surface area contributed by atoms with E-state index in [0.717, 1.165) is 27.3 Å². The number of anilines is 1. The van der Waals surface area contributed by atoms with Crippen molar-refractivity contribution in [1.82, 2.24) is 0 Å². The Balaban J connectivity index is 2.17. The lowest BCUT2D eigenvalue weighted by Crippen LogP contribution is -2.19. The predicted molar refractivity (Wildman–Crippen MR) is 122 cm³/mol. The van der Waals surface area contributed by atoms with E-state index in [1.807, 2.05) is 85.8 Å². The van der Waals surface area contributed by atoms with Gasteiger partial charge in [-0.25, -0.2) is 0 Å². The first-order valence-corrected chi connectivity index (χ1v) is 11.1. The maximum absolute atomic E-state index is 14.6. The molecule has 1 N–H and O–H groups in total. The van der Waals surface area contributed by atoms with Gasteiger partial charge in [-0.05, 0) is 32.4 Å². The Hall–Kier alpha value is -2.83. The topological polar surface area (TPSA) is 29.1 Å². The molecule has 0 spiro atoms. The summed E-state index contributed by atoms with van der Waals surface area (Å²) in [6.45, 7) is 7.98. The molecule has 3 rings (SSSR count). The van der Waals surface area contributed by atoms with Gasteiger partial charge in [0.2, 0.25) is 0 Å². The van der Waals surface area contributed by atoms with Crippen molar-refractivity contribution < 1.29 is 4.57 Å². The van der Waals surface area contributed by atoms with Gasteiger partial charge in [-0.1, -0.05) is 84.4 Å². The summed E-state index contributed by atoms with van der Waals surface area (Å²) in [6, 6.07) is 27.7. The summed E-state index contributed by atoms with van der Waals surface area (Å²) in [4.78, 5) is 0. The summed E-state index contributed by atoms with van der Waals surface area (Å²) in [5.74, 6) is 0. The van der Waals surface area contributed by atoms with E-state index < -0.39 is 7.14 Å². The van der Waals surface area contributed by atoms with Crippen molar-refractivity contribution in [3.05, 3.63) is 114 Å². The van der Waals surface area contributed by atoms with Crippen molar-refractivity contribution in [1.29, 1.82) is 0 Å². The molecule has 0 unspecified atom stereocenters. The second kappa shape index (κ2) is 8.91. The Labute approximate surface area is 168 Å². The molecule has 0 aliphatic heterocycles. The van der Waals surface area contributed by atoms with E-state index in [2.05, 4.69) is 31.0 Å². The van der Waals surface area contributed by atoms with Gasteiger partial charge in [-0.3, -0.25) is 0 Å². The summed E-state index contributed by atoms with van der Waals surface area (Å²) in [5.41, 5.74) is 3.09. The molecule has 0 saturated heterocycles. The smallest absolute Gasteiger partial charge is 0.169 e. The SMILES string of the molecule is C=CC/C(=C(\C)Nc1ccc(C)cc1)P(=O)(c1ccccc1)c1ccccc1. The minimum Gasteiger partial charge on any atom is -0.359 e. The average Bonchev–Trinajstić information content (AvgIpc) is 2.74. The molecular formula is C25H26NOP. The fraction of sp³-hybridized carbons (Fsp3) is 0.120. The van der Waals surface area contributed by atoms with Crippen LogP contribution in [-0.2, 0) is 4.57 Å². The van der Waals surface area contributed by atoms with Crippen molar-refractivity contribution in [2.45, 2.75) is 20.3 Å². The van der Waals surface area contributed by atoms with Crippen molar-refractivity contribution in [3.8, 4) is 0 Å². The van der Waals surface area contributed by atoms with Crippen molar-refractivity contribution in [2.75, 3.05) is 5.32 Å². The number of benzene rings is 3. The van der Waals surface area contributed by atoms with E-state index in [9.17, 15) is 4.57 Å². The van der Waals surface area contributed by atoms with Crippen LogP contribution in [0.15, 0.2) is 109 Å². The first kappa shape index (κ1) is 19.9. The number of aryl methyl sites for hydroxylation is 1. The molecule has 0 heterocycles. The van der Waals surface area contributed by atoms with Crippen LogP contribution in [0, 0.1) is 6.92 Å². The molecule has 0 aromatic heterocycles. The Morgan fingerprint density at radius 1 is 0.893 bits per heavy atom. The van der Waals surface area contributed by atoms with Crippen molar-refractivity contribution in [2.24, 2.45) is 0 Å².